The maximum atomic E-state index is 12.7. The fourth-order valence-electron chi connectivity index (χ4n) is 1.68. The molecule has 1 heterocycles. The second-order valence-corrected chi connectivity index (χ2v) is 4.29. The summed E-state index contributed by atoms with van der Waals surface area (Å²) in [6.45, 7) is 3.75. The van der Waals surface area contributed by atoms with E-state index in [0.717, 1.165) is 24.8 Å². The highest BCUT2D eigenvalue weighted by Crippen LogP contribution is 2.11. The van der Waals surface area contributed by atoms with Crippen LogP contribution in [-0.2, 0) is 6.54 Å². The van der Waals surface area contributed by atoms with Gasteiger partial charge in [0.25, 0.3) is 5.91 Å². The second kappa shape index (κ2) is 6.77. The quantitative estimate of drug-likeness (QED) is 0.880. The molecule has 0 saturated heterocycles. The van der Waals surface area contributed by atoms with Gasteiger partial charge in [0.15, 0.2) is 0 Å². The SMILES string of the molecule is CCNCc1ccc(NC(=O)c2ccc(F)cn2)cc1. The summed E-state index contributed by atoms with van der Waals surface area (Å²) < 4.78 is 12.7. The number of hydrogen-bond acceptors (Lipinski definition) is 3. The van der Waals surface area contributed by atoms with E-state index in [1.165, 1.54) is 12.1 Å². The summed E-state index contributed by atoms with van der Waals surface area (Å²) in [5.74, 6) is -0.821. The van der Waals surface area contributed by atoms with Gasteiger partial charge in [-0.15, -0.1) is 0 Å². The van der Waals surface area contributed by atoms with Gasteiger partial charge >= 0.3 is 0 Å². The van der Waals surface area contributed by atoms with Crippen LogP contribution < -0.4 is 10.6 Å². The highest BCUT2D eigenvalue weighted by molar-refractivity contribution is 6.02. The summed E-state index contributed by atoms with van der Waals surface area (Å²) in [6.07, 6.45) is 1.02. The molecule has 2 rings (SSSR count). The van der Waals surface area contributed by atoms with Crippen LogP contribution in [0.2, 0.25) is 0 Å². The molecule has 0 saturated carbocycles. The number of nitrogens with zero attached hydrogens (tertiary/aromatic N) is 1. The molecular weight excluding hydrogens is 257 g/mol. The molecule has 1 aromatic heterocycles. The van der Waals surface area contributed by atoms with Gasteiger partial charge in [-0.05, 0) is 36.4 Å². The van der Waals surface area contributed by atoms with E-state index in [1.54, 1.807) is 0 Å². The number of hydrogen-bond donors (Lipinski definition) is 2. The van der Waals surface area contributed by atoms with Gasteiger partial charge in [-0.3, -0.25) is 4.79 Å². The van der Waals surface area contributed by atoms with E-state index in [0.29, 0.717) is 5.69 Å². The number of pyridine rings is 1. The van der Waals surface area contributed by atoms with E-state index in [2.05, 4.69) is 15.6 Å². The highest BCUT2D eigenvalue weighted by Gasteiger charge is 2.07. The molecule has 1 aromatic carbocycles. The van der Waals surface area contributed by atoms with E-state index in [4.69, 9.17) is 0 Å². The first-order valence-electron chi connectivity index (χ1n) is 6.41. The maximum Gasteiger partial charge on any atom is 0.274 e. The minimum absolute atomic E-state index is 0.183. The molecule has 0 aliphatic carbocycles. The Labute approximate surface area is 117 Å². The minimum Gasteiger partial charge on any atom is -0.321 e. The summed E-state index contributed by atoms with van der Waals surface area (Å²) in [4.78, 5) is 15.6. The molecule has 104 valence electrons. The Kier molecular flexibility index (Phi) is 4.79. The van der Waals surface area contributed by atoms with Crippen molar-refractivity contribution in [3.63, 3.8) is 0 Å². The lowest BCUT2D eigenvalue weighted by atomic mass is 10.2. The molecule has 1 amide bonds. The minimum atomic E-state index is -0.464. The van der Waals surface area contributed by atoms with Gasteiger partial charge in [0.05, 0.1) is 6.20 Å². The van der Waals surface area contributed by atoms with Crippen LogP contribution in [0.4, 0.5) is 10.1 Å². The van der Waals surface area contributed by atoms with Crippen LogP contribution in [0, 0.1) is 5.82 Å². The van der Waals surface area contributed by atoms with Crippen LogP contribution in [0.1, 0.15) is 23.0 Å². The molecule has 5 heteroatoms. The summed E-state index contributed by atoms with van der Waals surface area (Å²) in [5, 5.41) is 5.94. The Balaban J connectivity index is 1.99. The molecule has 20 heavy (non-hydrogen) atoms. The zero-order chi connectivity index (χ0) is 14.4. The number of halogens is 1. The van der Waals surface area contributed by atoms with Crippen molar-refractivity contribution in [3.8, 4) is 0 Å². The third-order valence-electron chi connectivity index (χ3n) is 2.75. The first-order valence-corrected chi connectivity index (χ1v) is 6.41. The molecule has 0 bridgehead atoms. The van der Waals surface area contributed by atoms with Crippen LogP contribution >= 0.6 is 0 Å². The standard InChI is InChI=1S/C15H16FN3O/c1-2-17-9-11-3-6-13(7-4-11)19-15(20)14-8-5-12(16)10-18-14/h3-8,10,17H,2,9H2,1H3,(H,19,20). The third kappa shape index (κ3) is 3.86. The van der Waals surface area contributed by atoms with Gasteiger partial charge < -0.3 is 10.6 Å². The van der Waals surface area contributed by atoms with E-state index < -0.39 is 5.82 Å². The number of amides is 1. The Morgan fingerprint density at radius 1 is 1.20 bits per heavy atom. The monoisotopic (exact) mass is 273 g/mol. The van der Waals surface area contributed by atoms with E-state index >= 15 is 0 Å². The Morgan fingerprint density at radius 3 is 2.55 bits per heavy atom. The molecule has 0 spiro atoms. The zero-order valence-electron chi connectivity index (χ0n) is 11.2. The lowest BCUT2D eigenvalue weighted by Crippen LogP contribution is -2.14. The molecule has 0 radical (unpaired) electrons. The lowest BCUT2D eigenvalue weighted by Gasteiger charge is -2.06. The molecule has 0 aliphatic rings. The number of aromatic nitrogens is 1. The Morgan fingerprint density at radius 2 is 1.95 bits per heavy atom. The maximum absolute atomic E-state index is 12.7. The van der Waals surface area contributed by atoms with Gasteiger partial charge in [0, 0.05) is 12.2 Å². The second-order valence-electron chi connectivity index (χ2n) is 4.29. The number of carbonyl (C=O) groups excluding carboxylic acids is 1. The van der Waals surface area contributed by atoms with Crippen molar-refractivity contribution in [1.29, 1.82) is 0 Å². The molecule has 0 aliphatic heterocycles. The normalized spacial score (nSPS) is 10.3. The smallest absolute Gasteiger partial charge is 0.274 e. The molecule has 2 aromatic rings. The van der Waals surface area contributed by atoms with E-state index in [1.807, 2.05) is 31.2 Å². The largest absolute Gasteiger partial charge is 0.321 e. The molecule has 2 N–H and O–H groups in total. The van der Waals surface area contributed by atoms with Gasteiger partial charge in [-0.1, -0.05) is 19.1 Å². The number of carbonyl (C=O) groups is 1. The van der Waals surface area contributed by atoms with Crippen LogP contribution in [0.5, 0.6) is 0 Å². The lowest BCUT2D eigenvalue weighted by molar-refractivity contribution is 0.102. The molecular formula is C15H16FN3O. The molecule has 0 fully saturated rings. The first kappa shape index (κ1) is 14.1. The van der Waals surface area contributed by atoms with Crippen LogP contribution in [0.25, 0.3) is 0 Å². The van der Waals surface area contributed by atoms with Crippen LogP contribution in [-0.4, -0.2) is 17.4 Å². The van der Waals surface area contributed by atoms with Gasteiger partial charge in [-0.25, -0.2) is 9.37 Å². The van der Waals surface area contributed by atoms with Gasteiger partial charge in [0.2, 0.25) is 0 Å². The fourth-order valence-corrected chi connectivity index (χ4v) is 1.68. The predicted molar refractivity (Wildman–Crippen MR) is 76.0 cm³/mol. The average molecular weight is 273 g/mol. The van der Waals surface area contributed by atoms with Crippen molar-refractivity contribution in [2.75, 3.05) is 11.9 Å². The molecule has 0 unspecified atom stereocenters. The number of nitrogens with one attached hydrogen (secondary N) is 2. The van der Waals surface area contributed by atoms with Crippen molar-refractivity contribution in [3.05, 3.63) is 59.7 Å². The zero-order valence-corrected chi connectivity index (χ0v) is 11.2. The first-order chi connectivity index (χ1) is 9.69. The number of anilines is 1. The van der Waals surface area contributed by atoms with Crippen LogP contribution in [0.3, 0.4) is 0 Å². The van der Waals surface area contributed by atoms with E-state index in [-0.39, 0.29) is 11.6 Å². The van der Waals surface area contributed by atoms with Crippen molar-refractivity contribution in [1.82, 2.24) is 10.3 Å². The summed E-state index contributed by atoms with van der Waals surface area (Å²) in [5.41, 5.74) is 2.01. The van der Waals surface area contributed by atoms with Gasteiger partial charge in [0.1, 0.15) is 11.5 Å². The Hall–Kier alpha value is -2.27. The van der Waals surface area contributed by atoms with Crippen molar-refractivity contribution >= 4 is 11.6 Å². The van der Waals surface area contributed by atoms with Crippen LogP contribution in [0.15, 0.2) is 42.6 Å². The molecule has 0 atom stereocenters. The summed E-state index contributed by atoms with van der Waals surface area (Å²) in [6, 6.07) is 10.1. The Bertz CT molecular complexity index is 567. The topological polar surface area (TPSA) is 54.0 Å². The summed E-state index contributed by atoms with van der Waals surface area (Å²) in [7, 11) is 0. The van der Waals surface area contributed by atoms with Crippen molar-refractivity contribution in [2.24, 2.45) is 0 Å². The highest BCUT2D eigenvalue weighted by atomic mass is 19.1. The number of benzene rings is 1. The van der Waals surface area contributed by atoms with E-state index in [9.17, 15) is 9.18 Å². The molecule has 4 nitrogen and oxygen atoms in total. The third-order valence-corrected chi connectivity index (χ3v) is 2.75. The summed E-state index contributed by atoms with van der Waals surface area (Å²) >= 11 is 0. The van der Waals surface area contributed by atoms with Crippen molar-refractivity contribution < 1.29 is 9.18 Å². The predicted octanol–water partition coefficient (Wildman–Crippen LogP) is 2.58. The van der Waals surface area contributed by atoms with Crippen molar-refractivity contribution in [2.45, 2.75) is 13.5 Å². The fraction of sp³-hybridized carbons (Fsp3) is 0.200. The number of rotatable bonds is 5. The van der Waals surface area contributed by atoms with Gasteiger partial charge in [-0.2, -0.15) is 0 Å². The average Bonchev–Trinajstić information content (AvgIpc) is 2.47.